The minimum atomic E-state index is -0.844. The van der Waals surface area contributed by atoms with Crippen molar-refractivity contribution >= 4 is 46.0 Å². The lowest BCUT2D eigenvalue weighted by Gasteiger charge is -2.43. The van der Waals surface area contributed by atoms with Crippen molar-refractivity contribution in [1.29, 1.82) is 0 Å². The van der Waals surface area contributed by atoms with Gasteiger partial charge in [0.05, 0.1) is 35.8 Å². The van der Waals surface area contributed by atoms with Crippen LogP contribution in [-0.4, -0.2) is 69.6 Å². The van der Waals surface area contributed by atoms with E-state index in [4.69, 9.17) is 4.74 Å². The molecule has 3 unspecified atom stereocenters. The van der Waals surface area contributed by atoms with Crippen LogP contribution in [0.25, 0.3) is 10.8 Å². The SMILES string of the molecule is C=CCCOC(=O)[C@@H]1[C@H]2C(=O)N([C@@H](CO)[C@@H](C)CC)C(C(=O)N(CC=C)c3ccc4ccccc4c3)C23S[C@@H]1CC3C. The van der Waals surface area contributed by atoms with E-state index in [1.165, 1.54) is 0 Å². The van der Waals surface area contributed by atoms with Crippen LogP contribution >= 0.6 is 11.8 Å². The van der Waals surface area contributed by atoms with Gasteiger partial charge in [-0.2, -0.15) is 0 Å². The molecule has 1 spiro atoms. The Hall–Kier alpha value is -3.10. The molecule has 5 rings (SSSR count). The monoisotopic (exact) mass is 590 g/mol. The number of aliphatic hydroxyl groups excluding tert-OH is 1. The Labute approximate surface area is 253 Å². The predicted octanol–water partition coefficient (Wildman–Crippen LogP) is 5.22. The van der Waals surface area contributed by atoms with Crippen LogP contribution in [0.2, 0.25) is 0 Å². The van der Waals surface area contributed by atoms with Crippen LogP contribution in [0.15, 0.2) is 67.8 Å². The number of likely N-dealkylation sites (tertiary alicyclic amines) is 1. The normalized spacial score (nSPS) is 29.3. The average molecular weight is 591 g/mol. The lowest BCUT2D eigenvalue weighted by Crippen LogP contribution is -2.60. The first-order chi connectivity index (χ1) is 20.2. The Kier molecular flexibility index (Phi) is 8.86. The van der Waals surface area contributed by atoms with E-state index < -0.39 is 28.7 Å². The molecule has 3 fully saturated rings. The molecule has 1 N–H and O–H groups in total. The number of anilines is 1. The van der Waals surface area contributed by atoms with Gasteiger partial charge < -0.3 is 19.6 Å². The van der Waals surface area contributed by atoms with Crippen molar-refractivity contribution in [2.45, 2.75) is 62.1 Å². The van der Waals surface area contributed by atoms with E-state index in [9.17, 15) is 19.5 Å². The molecule has 2 aromatic carbocycles. The van der Waals surface area contributed by atoms with Crippen LogP contribution in [-0.2, 0) is 19.1 Å². The van der Waals surface area contributed by atoms with E-state index in [1.54, 1.807) is 33.7 Å². The van der Waals surface area contributed by atoms with Crippen molar-refractivity contribution in [3.63, 3.8) is 0 Å². The highest BCUT2D eigenvalue weighted by Gasteiger charge is 2.77. The van der Waals surface area contributed by atoms with Crippen molar-refractivity contribution in [1.82, 2.24) is 4.90 Å². The molecule has 7 nitrogen and oxygen atoms in total. The molecule has 0 aliphatic carbocycles. The van der Waals surface area contributed by atoms with E-state index in [0.29, 0.717) is 6.42 Å². The third kappa shape index (κ3) is 4.77. The van der Waals surface area contributed by atoms with Crippen LogP contribution in [0.1, 0.15) is 40.0 Å². The molecule has 42 heavy (non-hydrogen) atoms. The van der Waals surface area contributed by atoms with Gasteiger partial charge >= 0.3 is 5.97 Å². The predicted molar refractivity (Wildman–Crippen MR) is 168 cm³/mol. The van der Waals surface area contributed by atoms with Gasteiger partial charge in [0.2, 0.25) is 5.91 Å². The lowest BCUT2D eigenvalue weighted by molar-refractivity contribution is -0.155. The quantitative estimate of drug-likeness (QED) is 0.207. The summed E-state index contributed by atoms with van der Waals surface area (Å²) in [6.07, 6.45) is 5.38. The molecule has 3 heterocycles. The first kappa shape index (κ1) is 30.4. The topological polar surface area (TPSA) is 87.1 Å². The fourth-order valence-electron chi connectivity index (χ4n) is 7.46. The van der Waals surface area contributed by atoms with Crippen molar-refractivity contribution in [3.8, 4) is 0 Å². The molecule has 0 saturated carbocycles. The van der Waals surface area contributed by atoms with Crippen LogP contribution in [0.5, 0.6) is 0 Å². The number of nitrogens with zero attached hydrogens (tertiary/aromatic N) is 2. The Morgan fingerprint density at radius 3 is 2.62 bits per heavy atom. The van der Waals surface area contributed by atoms with Gasteiger partial charge in [0.25, 0.3) is 5.91 Å². The zero-order valence-electron chi connectivity index (χ0n) is 24.8. The first-order valence-corrected chi connectivity index (χ1v) is 15.9. The minimum Gasteiger partial charge on any atom is -0.465 e. The van der Waals surface area contributed by atoms with Crippen molar-refractivity contribution in [2.75, 3.05) is 24.7 Å². The van der Waals surface area contributed by atoms with E-state index >= 15 is 0 Å². The Morgan fingerprint density at radius 1 is 1.21 bits per heavy atom. The van der Waals surface area contributed by atoms with Crippen LogP contribution < -0.4 is 4.90 Å². The van der Waals surface area contributed by atoms with Gasteiger partial charge in [-0.3, -0.25) is 14.4 Å². The molecule has 8 atom stereocenters. The van der Waals surface area contributed by atoms with Crippen LogP contribution in [0.3, 0.4) is 0 Å². The number of benzene rings is 2. The first-order valence-electron chi connectivity index (χ1n) is 15.0. The Bertz CT molecular complexity index is 1380. The van der Waals surface area contributed by atoms with E-state index in [-0.39, 0.29) is 54.6 Å². The number of aliphatic hydroxyl groups is 1. The van der Waals surface area contributed by atoms with Gasteiger partial charge in [0.1, 0.15) is 6.04 Å². The zero-order chi connectivity index (χ0) is 30.2. The van der Waals surface area contributed by atoms with Gasteiger partial charge in [-0.1, -0.05) is 69.7 Å². The maximum Gasteiger partial charge on any atom is 0.310 e. The Balaban J connectivity index is 1.62. The summed E-state index contributed by atoms with van der Waals surface area (Å²) in [6, 6.07) is 12.5. The molecule has 8 heteroatoms. The second-order valence-corrected chi connectivity index (χ2v) is 13.5. The third-order valence-corrected chi connectivity index (χ3v) is 11.8. The summed E-state index contributed by atoms with van der Waals surface area (Å²) >= 11 is 1.62. The van der Waals surface area contributed by atoms with Crippen molar-refractivity contribution < 1.29 is 24.2 Å². The number of esters is 1. The summed E-state index contributed by atoms with van der Waals surface area (Å²) in [5.74, 6) is -2.17. The number of carbonyl (C=O) groups excluding carboxylic acids is 3. The molecule has 2 bridgehead atoms. The molecule has 0 aromatic heterocycles. The maximum atomic E-state index is 15.0. The number of thioether (sulfide) groups is 1. The number of hydrogen-bond acceptors (Lipinski definition) is 6. The summed E-state index contributed by atoms with van der Waals surface area (Å²) < 4.78 is 4.83. The summed E-state index contributed by atoms with van der Waals surface area (Å²) in [4.78, 5) is 46.4. The number of fused-ring (bicyclic) bond motifs is 2. The summed E-state index contributed by atoms with van der Waals surface area (Å²) in [7, 11) is 0. The smallest absolute Gasteiger partial charge is 0.310 e. The van der Waals surface area contributed by atoms with Crippen LogP contribution in [0.4, 0.5) is 5.69 Å². The second kappa shape index (κ2) is 12.3. The third-order valence-electron chi connectivity index (χ3n) is 9.72. The van der Waals surface area contributed by atoms with E-state index in [0.717, 1.165) is 29.3 Å². The van der Waals surface area contributed by atoms with Gasteiger partial charge in [-0.15, -0.1) is 24.9 Å². The number of rotatable bonds is 12. The molecule has 2 amide bonds. The molecular weight excluding hydrogens is 548 g/mol. The number of carbonyl (C=O) groups is 3. The summed E-state index contributed by atoms with van der Waals surface area (Å²) in [5, 5.41) is 12.6. The van der Waals surface area contributed by atoms with Gasteiger partial charge in [0, 0.05) is 17.5 Å². The lowest BCUT2D eigenvalue weighted by atomic mass is 9.66. The van der Waals surface area contributed by atoms with Crippen molar-refractivity contribution in [2.24, 2.45) is 23.7 Å². The number of ether oxygens (including phenoxy) is 1. The minimum absolute atomic E-state index is 0.0103. The van der Waals surface area contributed by atoms with Gasteiger partial charge in [0.15, 0.2) is 0 Å². The largest absolute Gasteiger partial charge is 0.465 e. The van der Waals surface area contributed by atoms with Gasteiger partial charge in [-0.05, 0) is 47.6 Å². The molecule has 224 valence electrons. The van der Waals surface area contributed by atoms with E-state index in [2.05, 4.69) is 20.1 Å². The zero-order valence-corrected chi connectivity index (χ0v) is 25.6. The second-order valence-electron chi connectivity index (χ2n) is 11.9. The van der Waals surface area contributed by atoms with Gasteiger partial charge in [-0.25, -0.2) is 0 Å². The fraction of sp³-hybridized carbons (Fsp3) is 0.500. The van der Waals surface area contributed by atoms with Crippen LogP contribution in [0, 0.1) is 23.7 Å². The van der Waals surface area contributed by atoms with E-state index in [1.807, 2.05) is 56.3 Å². The summed E-state index contributed by atoms with van der Waals surface area (Å²) in [5.41, 5.74) is 0.723. The molecule has 3 saturated heterocycles. The van der Waals surface area contributed by atoms with Crippen molar-refractivity contribution in [3.05, 3.63) is 67.8 Å². The highest BCUT2D eigenvalue weighted by atomic mass is 32.2. The molecular formula is C34H42N2O5S. The standard InChI is InChI=1S/C34H42N2O5S/c1-6-9-17-41-33(40)28-27-18-22(5)34(42-27)29(28)31(38)36(26(20-37)21(4)8-3)30(34)32(39)35(16-7-2)25-15-14-23-12-10-11-13-24(23)19-25/h6-7,10-15,19,21-22,26-30,37H,1-2,8-9,16-18,20H2,3-5H3/t21-,22?,26-,27+,28-,29-,30?,34?/m0/s1. The average Bonchev–Trinajstić information content (AvgIpc) is 3.59. The fourth-order valence-corrected chi connectivity index (χ4v) is 9.85. The highest BCUT2D eigenvalue weighted by molar-refractivity contribution is 8.02. The molecule has 3 aliphatic heterocycles. The molecule has 2 aromatic rings. The Morgan fingerprint density at radius 2 is 1.95 bits per heavy atom. The number of amides is 2. The highest BCUT2D eigenvalue weighted by Crippen LogP contribution is 2.69. The molecule has 0 radical (unpaired) electrons. The molecule has 3 aliphatic rings. The summed E-state index contributed by atoms with van der Waals surface area (Å²) in [6.45, 7) is 14.0. The maximum absolute atomic E-state index is 15.0. The number of hydrogen-bond donors (Lipinski definition) is 1.